The molecule has 0 radical (unpaired) electrons. The fourth-order valence-electron chi connectivity index (χ4n) is 1.20. The number of halogens is 1. The van der Waals surface area contributed by atoms with Gasteiger partial charge in [-0.05, 0) is 24.1 Å². The van der Waals surface area contributed by atoms with Gasteiger partial charge in [0.2, 0.25) is 0 Å². The van der Waals surface area contributed by atoms with Gasteiger partial charge in [0.15, 0.2) is 11.5 Å². The largest absolute Gasteiger partial charge is 0.504 e. The molecule has 16 heavy (non-hydrogen) atoms. The second kappa shape index (κ2) is 6.19. The van der Waals surface area contributed by atoms with Gasteiger partial charge >= 0.3 is 5.97 Å². The molecule has 0 aliphatic heterocycles. The Hall–Kier alpha value is -1.46. The summed E-state index contributed by atoms with van der Waals surface area (Å²) in [7, 11) is 1.44. The van der Waals surface area contributed by atoms with Crippen LogP contribution in [0, 0.1) is 0 Å². The molecule has 0 spiro atoms. The maximum Gasteiger partial charge on any atom is 0.320 e. The first-order valence-electron chi connectivity index (χ1n) is 4.39. The highest BCUT2D eigenvalue weighted by Crippen LogP contribution is 2.26. The number of phenolic OH excluding ortho intramolecular Hbond substituents is 1. The molecule has 4 N–H and O–H groups in total. The van der Waals surface area contributed by atoms with Gasteiger partial charge in [0, 0.05) is 0 Å². The van der Waals surface area contributed by atoms with Gasteiger partial charge < -0.3 is 20.7 Å². The van der Waals surface area contributed by atoms with Crippen molar-refractivity contribution in [1.82, 2.24) is 0 Å². The molecular weight excluding hydrogens is 234 g/mol. The lowest BCUT2D eigenvalue weighted by Crippen LogP contribution is -2.32. The smallest absolute Gasteiger partial charge is 0.320 e. The first-order chi connectivity index (χ1) is 7.04. The van der Waals surface area contributed by atoms with Crippen LogP contribution in [0.15, 0.2) is 18.2 Å². The molecule has 0 amide bonds. The van der Waals surface area contributed by atoms with Crippen LogP contribution in [0.25, 0.3) is 0 Å². The van der Waals surface area contributed by atoms with Crippen molar-refractivity contribution in [2.24, 2.45) is 5.73 Å². The van der Waals surface area contributed by atoms with Crippen molar-refractivity contribution in [2.75, 3.05) is 7.11 Å². The van der Waals surface area contributed by atoms with Crippen molar-refractivity contribution in [3.05, 3.63) is 23.8 Å². The van der Waals surface area contributed by atoms with Gasteiger partial charge in [0.1, 0.15) is 6.04 Å². The van der Waals surface area contributed by atoms with Crippen LogP contribution in [0.2, 0.25) is 0 Å². The van der Waals surface area contributed by atoms with Crippen LogP contribution in [0.3, 0.4) is 0 Å². The molecule has 0 aromatic heterocycles. The number of phenols is 1. The van der Waals surface area contributed by atoms with E-state index >= 15 is 0 Å². The fourth-order valence-corrected chi connectivity index (χ4v) is 1.20. The van der Waals surface area contributed by atoms with Crippen LogP contribution >= 0.6 is 12.4 Å². The van der Waals surface area contributed by atoms with E-state index in [1.165, 1.54) is 13.2 Å². The van der Waals surface area contributed by atoms with E-state index in [1.54, 1.807) is 12.1 Å². The van der Waals surface area contributed by atoms with Crippen LogP contribution in [0.4, 0.5) is 0 Å². The zero-order valence-electron chi connectivity index (χ0n) is 8.71. The molecule has 0 aliphatic carbocycles. The highest BCUT2D eigenvalue weighted by atomic mass is 35.5. The second-order valence-corrected chi connectivity index (χ2v) is 3.16. The first kappa shape index (κ1) is 14.5. The molecule has 0 aliphatic rings. The Kier molecular flexibility index (Phi) is 5.63. The zero-order valence-corrected chi connectivity index (χ0v) is 9.53. The third-order valence-electron chi connectivity index (χ3n) is 2.02. The number of carboxylic acid groups (broad SMARTS) is 1. The van der Waals surface area contributed by atoms with Gasteiger partial charge in [-0.3, -0.25) is 4.79 Å². The van der Waals surface area contributed by atoms with Crippen molar-refractivity contribution in [2.45, 2.75) is 12.5 Å². The Morgan fingerprint density at radius 2 is 2.19 bits per heavy atom. The number of benzene rings is 1. The van der Waals surface area contributed by atoms with Gasteiger partial charge in [-0.15, -0.1) is 12.4 Å². The summed E-state index contributed by atoms with van der Waals surface area (Å²) in [6, 6.07) is 3.72. The van der Waals surface area contributed by atoms with Gasteiger partial charge in [-0.25, -0.2) is 0 Å². The number of aliphatic carboxylic acids is 1. The summed E-state index contributed by atoms with van der Waals surface area (Å²) < 4.78 is 4.85. The van der Waals surface area contributed by atoms with Crippen molar-refractivity contribution >= 4 is 18.4 Å². The van der Waals surface area contributed by atoms with Crippen LogP contribution in [-0.4, -0.2) is 29.3 Å². The average molecular weight is 248 g/mol. The molecule has 0 fully saturated rings. The molecule has 5 nitrogen and oxygen atoms in total. The van der Waals surface area contributed by atoms with E-state index in [2.05, 4.69) is 0 Å². The van der Waals surface area contributed by atoms with E-state index in [1.807, 2.05) is 0 Å². The predicted molar refractivity (Wildman–Crippen MR) is 61.2 cm³/mol. The Bertz CT molecular complexity index is 370. The molecule has 0 heterocycles. The highest BCUT2D eigenvalue weighted by molar-refractivity contribution is 5.85. The molecule has 0 unspecified atom stereocenters. The lowest BCUT2D eigenvalue weighted by atomic mass is 10.1. The Morgan fingerprint density at radius 1 is 1.56 bits per heavy atom. The standard InChI is InChI=1S/C10H13NO4.ClH/c1-15-9-3-2-6(5-8(9)12)4-7(11)10(13)14;/h2-3,5,7,12H,4,11H2,1H3,(H,13,14);1H/t7-;/m1./s1. The molecule has 1 aromatic carbocycles. The summed E-state index contributed by atoms with van der Waals surface area (Å²) in [6.07, 6.45) is 0.173. The van der Waals surface area contributed by atoms with Crippen LogP contribution in [0.1, 0.15) is 5.56 Å². The van der Waals surface area contributed by atoms with Crippen molar-refractivity contribution in [1.29, 1.82) is 0 Å². The van der Waals surface area contributed by atoms with Gasteiger partial charge in [-0.1, -0.05) is 6.07 Å². The summed E-state index contributed by atoms with van der Waals surface area (Å²) in [4.78, 5) is 10.5. The number of carboxylic acids is 1. The number of methoxy groups -OCH3 is 1. The number of carbonyl (C=O) groups is 1. The van der Waals surface area contributed by atoms with E-state index in [4.69, 9.17) is 15.6 Å². The number of nitrogens with two attached hydrogens (primary N) is 1. The molecule has 1 aromatic rings. The summed E-state index contributed by atoms with van der Waals surface area (Å²) >= 11 is 0. The van der Waals surface area contributed by atoms with E-state index in [0.717, 1.165) is 0 Å². The van der Waals surface area contributed by atoms with Crippen molar-refractivity contribution in [3.63, 3.8) is 0 Å². The normalized spacial score (nSPS) is 11.4. The third kappa shape index (κ3) is 3.60. The van der Waals surface area contributed by atoms with Crippen LogP contribution < -0.4 is 10.5 Å². The molecular formula is C10H14ClNO4. The van der Waals surface area contributed by atoms with E-state index in [9.17, 15) is 9.90 Å². The molecule has 0 saturated carbocycles. The first-order valence-corrected chi connectivity index (χ1v) is 4.39. The molecule has 6 heteroatoms. The maximum atomic E-state index is 10.5. The summed E-state index contributed by atoms with van der Waals surface area (Å²) in [5.74, 6) is -0.736. The Morgan fingerprint density at radius 3 is 2.62 bits per heavy atom. The minimum atomic E-state index is -1.06. The minimum Gasteiger partial charge on any atom is -0.504 e. The molecule has 90 valence electrons. The summed E-state index contributed by atoms with van der Waals surface area (Å²) in [5, 5.41) is 18.0. The number of rotatable bonds is 4. The third-order valence-corrected chi connectivity index (χ3v) is 2.02. The fraction of sp³-hybridized carbons (Fsp3) is 0.300. The summed E-state index contributed by atoms with van der Waals surface area (Å²) in [5.41, 5.74) is 6.01. The van der Waals surface area contributed by atoms with Crippen LogP contribution in [0.5, 0.6) is 11.5 Å². The topological polar surface area (TPSA) is 92.8 Å². The minimum absolute atomic E-state index is 0. The van der Waals surface area contributed by atoms with Crippen LogP contribution in [-0.2, 0) is 11.2 Å². The second-order valence-electron chi connectivity index (χ2n) is 3.16. The van der Waals surface area contributed by atoms with Crippen molar-refractivity contribution in [3.8, 4) is 11.5 Å². The number of aromatic hydroxyl groups is 1. The van der Waals surface area contributed by atoms with E-state index in [0.29, 0.717) is 11.3 Å². The quantitative estimate of drug-likeness (QED) is 0.731. The Balaban J connectivity index is 0.00000225. The Labute approximate surface area is 99.2 Å². The lowest BCUT2D eigenvalue weighted by molar-refractivity contribution is -0.138. The van der Waals surface area contributed by atoms with Gasteiger partial charge in [0.25, 0.3) is 0 Å². The zero-order chi connectivity index (χ0) is 11.4. The van der Waals surface area contributed by atoms with E-state index < -0.39 is 12.0 Å². The van der Waals surface area contributed by atoms with E-state index in [-0.39, 0.29) is 24.6 Å². The monoisotopic (exact) mass is 247 g/mol. The summed E-state index contributed by atoms with van der Waals surface area (Å²) in [6.45, 7) is 0. The average Bonchev–Trinajstić information content (AvgIpc) is 2.18. The van der Waals surface area contributed by atoms with Gasteiger partial charge in [-0.2, -0.15) is 0 Å². The number of ether oxygens (including phenoxy) is 1. The molecule has 0 bridgehead atoms. The maximum absolute atomic E-state index is 10.5. The van der Waals surface area contributed by atoms with Crippen molar-refractivity contribution < 1.29 is 19.7 Å². The molecule has 1 atom stereocenters. The SMILES string of the molecule is COc1ccc(C[C@@H](N)C(=O)O)cc1O.Cl. The molecule has 1 rings (SSSR count). The number of hydrogen-bond donors (Lipinski definition) is 3. The highest BCUT2D eigenvalue weighted by Gasteiger charge is 2.13. The lowest BCUT2D eigenvalue weighted by Gasteiger charge is -2.08. The van der Waals surface area contributed by atoms with Gasteiger partial charge in [0.05, 0.1) is 7.11 Å². The molecule has 0 saturated heterocycles. The number of hydrogen-bond acceptors (Lipinski definition) is 4. The predicted octanol–water partition coefficient (Wildman–Crippen LogP) is 0.777.